The lowest BCUT2D eigenvalue weighted by Gasteiger charge is -2.25. The third-order valence-electron chi connectivity index (χ3n) is 6.09. The van der Waals surface area contributed by atoms with E-state index in [0.29, 0.717) is 6.54 Å². The van der Waals surface area contributed by atoms with Crippen molar-refractivity contribution in [2.45, 2.75) is 69.7 Å². The van der Waals surface area contributed by atoms with Crippen LogP contribution >= 0.6 is 0 Å². The fourth-order valence-corrected chi connectivity index (χ4v) is 5.71. The number of hydrogen-bond acceptors (Lipinski definition) is 5. The van der Waals surface area contributed by atoms with Crippen LogP contribution in [0.3, 0.4) is 0 Å². The number of halogens is 2. The lowest BCUT2D eigenvalue weighted by molar-refractivity contribution is 0.0829. The number of carbonyl (C=O) groups excluding carboxylic acids is 1. The minimum atomic E-state index is -3.89. The third kappa shape index (κ3) is 9.48. The van der Waals surface area contributed by atoms with E-state index in [1.54, 1.807) is 20.8 Å². The molecule has 40 heavy (non-hydrogen) atoms. The minimum Gasteiger partial charge on any atom is -0.390 e. The van der Waals surface area contributed by atoms with Crippen LogP contribution in [-0.4, -0.2) is 43.7 Å². The molecule has 3 aromatic carbocycles. The second-order valence-electron chi connectivity index (χ2n) is 10.8. The fraction of sp³-hybridized carbons (Fsp3) is 0.367. The quantitative estimate of drug-likeness (QED) is 0.261. The van der Waals surface area contributed by atoms with Crippen molar-refractivity contribution in [3.63, 3.8) is 0 Å². The van der Waals surface area contributed by atoms with E-state index in [-0.39, 0.29) is 29.0 Å². The first-order valence-electron chi connectivity index (χ1n) is 13.1. The van der Waals surface area contributed by atoms with Crippen LogP contribution in [0.15, 0.2) is 71.6 Å². The molecule has 0 heterocycles. The van der Waals surface area contributed by atoms with Gasteiger partial charge in [-0.1, -0.05) is 37.3 Å². The van der Waals surface area contributed by atoms with Crippen LogP contribution in [0.2, 0.25) is 0 Å². The zero-order valence-electron chi connectivity index (χ0n) is 23.2. The van der Waals surface area contributed by atoms with Gasteiger partial charge in [-0.05, 0) is 80.6 Å². The zero-order valence-corrected chi connectivity index (χ0v) is 24.0. The van der Waals surface area contributed by atoms with Crippen molar-refractivity contribution in [3.05, 3.63) is 101 Å². The van der Waals surface area contributed by atoms with Gasteiger partial charge in [-0.25, -0.2) is 21.9 Å². The lowest BCUT2D eigenvalue weighted by Crippen LogP contribution is -2.48. The summed E-state index contributed by atoms with van der Waals surface area (Å²) in [7, 11) is -3.89. The van der Waals surface area contributed by atoms with E-state index >= 15 is 0 Å². The molecule has 0 aromatic heterocycles. The van der Waals surface area contributed by atoms with Gasteiger partial charge >= 0.3 is 0 Å². The Kier molecular flexibility index (Phi) is 10.5. The number of nitrogens with one attached hydrogen (secondary N) is 3. The second-order valence-corrected chi connectivity index (χ2v) is 12.5. The van der Waals surface area contributed by atoms with E-state index in [2.05, 4.69) is 28.3 Å². The summed E-state index contributed by atoms with van der Waals surface area (Å²) in [4.78, 5) is 13.1. The Labute approximate surface area is 235 Å². The molecule has 7 nitrogen and oxygen atoms in total. The predicted octanol–water partition coefficient (Wildman–Crippen LogP) is 4.10. The lowest BCUT2D eigenvalue weighted by atomic mass is 10.00. The van der Waals surface area contributed by atoms with E-state index in [9.17, 15) is 27.1 Å². The first-order valence-corrected chi connectivity index (χ1v) is 14.6. The smallest absolute Gasteiger partial charge is 0.251 e. The number of sulfonamides is 1. The number of aliphatic hydroxyl groups excluding tert-OH is 1. The highest BCUT2D eigenvalue weighted by Gasteiger charge is 2.25. The standard InChI is InChI=1S/C30H37F2N3O4S/c1-5-20-8-6-9-21(12-20)18-33-19-28(36)27(15-22-13-24(31)17-25(32)14-22)34-29(37)23-10-7-11-26(16-23)40(38,39)35-30(2,3)4/h6-14,16-17,27-28,33,35-36H,5,15,18-19H2,1-4H3,(H,34,37). The maximum absolute atomic E-state index is 13.9. The SMILES string of the molecule is CCc1cccc(CNCC(O)C(Cc2cc(F)cc(F)c2)NC(=O)c2cccc(S(=O)(=O)NC(C)(C)C)c2)c1. The monoisotopic (exact) mass is 573 g/mol. The maximum Gasteiger partial charge on any atom is 0.251 e. The molecule has 4 N–H and O–H groups in total. The summed E-state index contributed by atoms with van der Waals surface area (Å²) in [6.07, 6.45) is -0.291. The van der Waals surface area contributed by atoms with Crippen molar-refractivity contribution in [1.29, 1.82) is 0 Å². The summed E-state index contributed by atoms with van der Waals surface area (Å²) in [5.41, 5.74) is 1.80. The summed E-state index contributed by atoms with van der Waals surface area (Å²) in [6.45, 7) is 7.74. The van der Waals surface area contributed by atoms with Crippen LogP contribution in [0.1, 0.15) is 54.7 Å². The normalized spacial score (nSPS) is 13.6. The predicted molar refractivity (Wildman–Crippen MR) is 151 cm³/mol. The molecular formula is C30H37F2N3O4S. The van der Waals surface area contributed by atoms with Gasteiger partial charge in [-0.2, -0.15) is 0 Å². The van der Waals surface area contributed by atoms with Crippen molar-refractivity contribution >= 4 is 15.9 Å². The van der Waals surface area contributed by atoms with E-state index in [1.807, 2.05) is 18.2 Å². The number of rotatable bonds is 12. The van der Waals surface area contributed by atoms with Gasteiger partial charge in [0, 0.05) is 30.3 Å². The molecule has 216 valence electrons. The number of amides is 1. The van der Waals surface area contributed by atoms with E-state index in [4.69, 9.17) is 0 Å². The van der Waals surface area contributed by atoms with E-state index < -0.39 is 45.2 Å². The molecule has 0 bridgehead atoms. The Bertz CT molecular complexity index is 1400. The Morgan fingerprint density at radius 1 is 0.925 bits per heavy atom. The number of aliphatic hydroxyl groups is 1. The Hall–Kier alpha value is -3.18. The molecule has 1 amide bonds. The Morgan fingerprint density at radius 2 is 1.57 bits per heavy atom. The highest BCUT2D eigenvalue weighted by Crippen LogP contribution is 2.17. The summed E-state index contributed by atoms with van der Waals surface area (Å²) >= 11 is 0. The minimum absolute atomic E-state index is 0.0574. The fourth-order valence-electron chi connectivity index (χ4n) is 4.25. The average Bonchev–Trinajstić information content (AvgIpc) is 2.86. The van der Waals surface area contributed by atoms with Gasteiger partial charge in [0.2, 0.25) is 10.0 Å². The van der Waals surface area contributed by atoms with Crippen molar-refractivity contribution in [3.8, 4) is 0 Å². The number of carbonyl (C=O) groups is 1. The number of aryl methyl sites for hydroxylation is 1. The summed E-state index contributed by atoms with van der Waals surface area (Å²) in [6, 6.07) is 15.6. The first-order chi connectivity index (χ1) is 18.8. The summed E-state index contributed by atoms with van der Waals surface area (Å²) in [5, 5.41) is 16.9. The molecule has 2 atom stereocenters. The van der Waals surface area contributed by atoms with Gasteiger partial charge in [0.25, 0.3) is 5.91 Å². The van der Waals surface area contributed by atoms with Gasteiger partial charge in [0.15, 0.2) is 0 Å². The van der Waals surface area contributed by atoms with E-state index in [0.717, 1.165) is 30.2 Å². The van der Waals surface area contributed by atoms with Gasteiger partial charge < -0.3 is 15.7 Å². The molecule has 10 heteroatoms. The van der Waals surface area contributed by atoms with Gasteiger partial charge in [0.05, 0.1) is 17.0 Å². The molecule has 0 aliphatic carbocycles. The molecular weight excluding hydrogens is 536 g/mol. The number of hydrogen-bond donors (Lipinski definition) is 4. The van der Waals surface area contributed by atoms with Crippen LogP contribution in [0.5, 0.6) is 0 Å². The highest BCUT2D eigenvalue weighted by atomic mass is 32.2. The molecule has 2 unspecified atom stereocenters. The van der Waals surface area contributed by atoms with Crippen LogP contribution in [0, 0.1) is 11.6 Å². The molecule has 0 saturated carbocycles. The molecule has 0 spiro atoms. The molecule has 0 fully saturated rings. The second kappa shape index (κ2) is 13.5. The first kappa shape index (κ1) is 31.3. The molecule has 0 aliphatic heterocycles. The molecule has 0 radical (unpaired) electrons. The van der Waals surface area contributed by atoms with E-state index in [1.165, 1.54) is 29.8 Å². The van der Waals surface area contributed by atoms with Crippen molar-refractivity contribution in [2.75, 3.05) is 6.54 Å². The van der Waals surface area contributed by atoms with Crippen LogP contribution in [-0.2, 0) is 29.4 Å². The van der Waals surface area contributed by atoms with Crippen LogP contribution < -0.4 is 15.4 Å². The van der Waals surface area contributed by atoms with Crippen molar-refractivity contribution < 1.29 is 27.1 Å². The Morgan fingerprint density at radius 3 is 2.23 bits per heavy atom. The topological polar surface area (TPSA) is 108 Å². The van der Waals surface area contributed by atoms with Crippen LogP contribution in [0.4, 0.5) is 8.78 Å². The number of benzene rings is 3. The van der Waals surface area contributed by atoms with Gasteiger partial charge in [0.1, 0.15) is 11.6 Å². The van der Waals surface area contributed by atoms with Gasteiger partial charge in [-0.3, -0.25) is 4.79 Å². The highest BCUT2D eigenvalue weighted by molar-refractivity contribution is 7.89. The summed E-state index contributed by atoms with van der Waals surface area (Å²) in [5.74, 6) is -2.18. The third-order valence-corrected chi connectivity index (χ3v) is 7.84. The average molecular weight is 574 g/mol. The zero-order chi connectivity index (χ0) is 29.5. The Balaban J connectivity index is 1.79. The van der Waals surface area contributed by atoms with Crippen molar-refractivity contribution in [1.82, 2.24) is 15.4 Å². The van der Waals surface area contributed by atoms with Crippen LogP contribution in [0.25, 0.3) is 0 Å². The maximum atomic E-state index is 13.9. The van der Waals surface area contributed by atoms with Gasteiger partial charge in [-0.15, -0.1) is 0 Å². The molecule has 3 rings (SSSR count). The molecule has 3 aromatic rings. The molecule has 0 saturated heterocycles. The molecule has 0 aliphatic rings. The summed E-state index contributed by atoms with van der Waals surface area (Å²) < 4.78 is 55.8. The largest absolute Gasteiger partial charge is 0.390 e. The van der Waals surface area contributed by atoms with Crippen molar-refractivity contribution in [2.24, 2.45) is 0 Å².